The standard InChI is InChI=1S/C19H28O2/c1-16(17-12-8-7-9-13-17)19(20)21-18-14-10-5-3-2-4-6-11-15-18/h7-9,12-13,16,18H,2-6,10-11,14-15H2,1H3/t16-/m0/s1. The van der Waals surface area contributed by atoms with Crippen molar-refractivity contribution in [3.8, 4) is 0 Å². The first-order chi connectivity index (χ1) is 10.3. The predicted molar refractivity (Wildman–Crippen MR) is 86.3 cm³/mol. The van der Waals surface area contributed by atoms with Crippen LogP contribution in [0.15, 0.2) is 30.3 Å². The van der Waals surface area contributed by atoms with E-state index in [-0.39, 0.29) is 18.0 Å². The summed E-state index contributed by atoms with van der Waals surface area (Å²) in [5, 5.41) is 0. The molecule has 116 valence electrons. The Bertz CT molecular complexity index is 403. The smallest absolute Gasteiger partial charge is 0.313 e. The van der Waals surface area contributed by atoms with Gasteiger partial charge in [-0.2, -0.15) is 0 Å². The van der Waals surface area contributed by atoms with Gasteiger partial charge < -0.3 is 4.74 Å². The summed E-state index contributed by atoms with van der Waals surface area (Å²) in [6, 6.07) is 9.92. The van der Waals surface area contributed by atoms with E-state index in [0.717, 1.165) is 18.4 Å². The van der Waals surface area contributed by atoms with Crippen molar-refractivity contribution < 1.29 is 9.53 Å². The van der Waals surface area contributed by atoms with Gasteiger partial charge in [-0.25, -0.2) is 0 Å². The molecule has 1 fully saturated rings. The number of hydrogen-bond acceptors (Lipinski definition) is 2. The van der Waals surface area contributed by atoms with Crippen LogP contribution in [0.3, 0.4) is 0 Å². The van der Waals surface area contributed by atoms with Crippen molar-refractivity contribution in [1.82, 2.24) is 0 Å². The number of esters is 1. The van der Waals surface area contributed by atoms with Gasteiger partial charge in [0.05, 0.1) is 5.92 Å². The Hall–Kier alpha value is -1.31. The molecule has 0 radical (unpaired) electrons. The zero-order valence-electron chi connectivity index (χ0n) is 13.2. The number of hydrogen-bond donors (Lipinski definition) is 0. The molecule has 2 nitrogen and oxygen atoms in total. The van der Waals surface area contributed by atoms with Crippen molar-refractivity contribution in [1.29, 1.82) is 0 Å². The van der Waals surface area contributed by atoms with E-state index in [4.69, 9.17) is 4.74 Å². The number of benzene rings is 1. The Labute approximate surface area is 128 Å². The largest absolute Gasteiger partial charge is 0.462 e. The highest BCUT2D eigenvalue weighted by molar-refractivity contribution is 5.77. The second-order valence-electron chi connectivity index (χ2n) is 6.24. The second-order valence-corrected chi connectivity index (χ2v) is 6.24. The summed E-state index contributed by atoms with van der Waals surface area (Å²) in [7, 11) is 0. The lowest BCUT2D eigenvalue weighted by Crippen LogP contribution is -2.22. The van der Waals surface area contributed by atoms with Crippen molar-refractivity contribution >= 4 is 5.97 Å². The molecule has 0 heterocycles. The molecule has 1 atom stereocenters. The van der Waals surface area contributed by atoms with Crippen molar-refractivity contribution in [3.05, 3.63) is 35.9 Å². The summed E-state index contributed by atoms with van der Waals surface area (Å²) in [5.74, 6) is -0.232. The summed E-state index contributed by atoms with van der Waals surface area (Å²) >= 11 is 0. The fourth-order valence-corrected chi connectivity index (χ4v) is 3.03. The van der Waals surface area contributed by atoms with Crippen molar-refractivity contribution in [2.75, 3.05) is 0 Å². The maximum absolute atomic E-state index is 12.3. The minimum atomic E-state index is -0.165. The fourth-order valence-electron chi connectivity index (χ4n) is 3.03. The van der Waals surface area contributed by atoms with E-state index < -0.39 is 0 Å². The van der Waals surface area contributed by atoms with Crippen LogP contribution in [0.5, 0.6) is 0 Å². The first kappa shape index (κ1) is 16.1. The molecular formula is C19H28O2. The van der Waals surface area contributed by atoms with Gasteiger partial charge in [0.15, 0.2) is 0 Å². The molecule has 0 bridgehead atoms. The van der Waals surface area contributed by atoms with E-state index in [2.05, 4.69) is 0 Å². The minimum Gasteiger partial charge on any atom is -0.462 e. The summed E-state index contributed by atoms with van der Waals surface area (Å²) < 4.78 is 5.80. The Morgan fingerprint density at radius 3 is 2.05 bits per heavy atom. The average molecular weight is 288 g/mol. The Morgan fingerprint density at radius 1 is 0.952 bits per heavy atom. The third kappa shape index (κ3) is 5.53. The van der Waals surface area contributed by atoms with E-state index >= 15 is 0 Å². The van der Waals surface area contributed by atoms with E-state index in [1.807, 2.05) is 37.3 Å². The van der Waals surface area contributed by atoms with Crippen LogP contribution in [-0.2, 0) is 9.53 Å². The highest BCUT2D eigenvalue weighted by atomic mass is 16.5. The number of carbonyl (C=O) groups is 1. The number of ether oxygens (including phenoxy) is 1. The lowest BCUT2D eigenvalue weighted by molar-refractivity contribution is -0.151. The van der Waals surface area contributed by atoms with Gasteiger partial charge in [-0.15, -0.1) is 0 Å². The zero-order valence-corrected chi connectivity index (χ0v) is 13.2. The van der Waals surface area contributed by atoms with Crippen molar-refractivity contribution in [2.45, 2.75) is 76.7 Å². The summed E-state index contributed by atoms with van der Waals surface area (Å²) in [5.41, 5.74) is 1.04. The summed E-state index contributed by atoms with van der Waals surface area (Å²) in [6.45, 7) is 1.94. The zero-order chi connectivity index (χ0) is 14.9. The number of carbonyl (C=O) groups excluding carboxylic acids is 1. The van der Waals surface area contributed by atoms with Gasteiger partial charge in [0, 0.05) is 0 Å². The maximum Gasteiger partial charge on any atom is 0.313 e. The Morgan fingerprint density at radius 2 is 1.48 bits per heavy atom. The highest BCUT2D eigenvalue weighted by Crippen LogP contribution is 2.22. The quantitative estimate of drug-likeness (QED) is 0.712. The van der Waals surface area contributed by atoms with E-state index in [1.165, 1.54) is 44.9 Å². The van der Waals surface area contributed by atoms with Crippen molar-refractivity contribution in [2.24, 2.45) is 0 Å². The molecule has 1 saturated carbocycles. The molecule has 2 rings (SSSR count). The highest BCUT2D eigenvalue weighted by Gasteiger charge is 2.21. The maximum atomic E-state index is 12.3. The molecule has 1 aromatic carbocycles. The van der Waals surface area contributed by atoms with Gasteiger partial charge in [0.25, 0.3) is 0 Å². The number of rotatable bonds is 3. The molecule has 21 heavy (non-hydrogen) atoms. The molecule has 1 aliphatic carbocycles. The van der Waals surface area contributed by atoms with Crippen LogP contribution in [-0.4, -0.2) is 12.1 Å². The molecule has 0 aromatic heterocycles. The third-order valence-corrected chi connectivity index (χ3v) is 4.49. The van der Waals surface area contributed by atoms with Crippen LogP contribution < -0.4 is 0 Å². The summed E-state index contributed by atoms with van der Waals surface area (Å²) in [4.78, 5) is 12.3. The normalized spacial score (nSPS) is 19.7. The van der Waals surface area contributed by atoms with Crippen LogP contribution in [0.1, 0.15) is 76.2 Å². The van der Waals surface area contributed by atoms with E-state index in [9.17, 15) is 4.79 Å². The molecule has 0 saturated heterocycles. The van der Waals surface area contributed by atoms with Crippen LogP contribution in [0.4, 0.5) is 0 Å². The average Bonchev–Trinajstić information content (AvgIpc) is 2.53. The third-order valence-electron chi connectivity index (χ3n) is 4.49. The lowest BCUT2D eigenvalue weighted by atomic mass is 9.98. The first-order valence-corrected chi connectivity index (χ1v) is 8.53. The Kier molecular flexibility index (Phi) is 6.78. The van der Waals surface area contributed by atoms with Gasteiger partial charge in [-0.3, -0.25) is 4.79 Å². The predicted octanol–water partition coefficient (Wildman–Crippen LogP) is 5.23. The van der Waals surface area contributed by atoms with Crippen LogP contribution in [0, 0.1) is 0 Å². The van der Waals surface area contributed by atoms with E-state index in [1.54, 1.807) is 0 Å². The van der Waals surface area contributed by atoms with Gasteiger partial charge in [-0.05, 0) is 38.2 Å². The van der Waals surface area contributed by atoms with Crippen LogP contribution >= 0.6 is 0 Å². The fraction of sp³-hybridized carbons (Fsp3) is 0.632. The molecular weight excluding hydrogens is 260 g/mol. The summed E-state index contributed by atoms with van der Waals surface area (Å²) in [6.07, 6.45) is 11.2. The molecule has 0 N–H and O–H groups in total. The molecule has 1 aromatic rings. The van der Waals surface area contributed by atoms with Crippen LogP contribution in [0.2, 0.25) is 0 Å². The molecule has 0 unspecified atom stereocenters. The van der Waals surface area contributed by atoms with Gasteiger partial charge in [0.2, 0.25) is 0 Å². The molecule has 0 aliphatic heterocycles. The molecule has 0 spiro atoms. The SMILES string of the molecule is C[C@H](C(=O)OC1CCCCCCCCC1)c1ccccc1. The van der Waals surface area contributed by atoms with E-state index in [0.29, 0.717) is 0 Å². The van der Waals surface area contributed by atoms with Gasteiger partial charge in [-0.1, -0.05) is 62.4 Å². The first-order valence-electron chi connectivity index (χ1n) is 8.53. The second kappa shape index (κ2) is 8.86. The monoisotopic (exact) mass is 288 g/mol. The lowest BCUT2D eigenvalue weighted by Gasteiger charge is -2.21. The Balaban J connectivity index is 1.87. The van der Waals surface area contributed by atoms with Crippen molar-refractivity contribution in [3.63, 3.8) is 0 Å². The minimum absolute atomic E-state index is 0.0664. The van der Waals surface area contributed by atoms with Crippen LogP contribution in [0.25, 0.3) is 0 Å². The molecule has 2 heteroatoms. The topological polar surface area (TPSA) is 26.3 Å². The molecule has 0 amide bonds. The molecule has 1 aliphatic rings. The van der Waals surface area contributed by atoms with Gasteiger partial charge in [0.1, 0.15) is 6.10 Å². The van der Waals surface area contributed by atoms with Gasteiger partial charge >= 0.3 is 5.97 Å².